The molecule has 0 saturated carbocycles. The van der Waals surface area contributed by atoms with Gasteiger partial charge in [0.05, 0.1) is 5.69 Å². The highest BCUT2D eigenvalue weighted by molar-refractivity contribution is 5.61. The van der Waals surface area contributed by atoms with Crippen LogP contribution in [0.2, 0.25) is 0 Å². The van der Waals surface area contributed by atoms with Crippen molar-refractivity contribution in [1.82, 2.24) is 14.8 Å². The van der Waals surface area contributed by atoms with E-state index in [1.807, 2.05) is 22.9 Å². The van der Waals surface area contributed by atoms with E-state index >= 15 is 0 Å². The molecule has 3 aromatic rings. The number of aromatic nitrogens is 3. The fourth-order valence-corrected chi connectivity index (χ4v) is 2.95. The maximum atomic E-state index is 4.55. The first-order valence-corrected chi connectivity index (χ1v) is 8.18. The molecule has 0 aliphatic rings. The molecular formula is C20H23N3. The molecule has 0 bridgehead atoms. The maximum absolute atomic E-state index is 4.55. The quantitative estimate of drug-likeness (QED) is 0.665. The second-order valence-electron chi connectivity index (χ2n) is 6.46. The van der Waals surface area contributed by atoms with Crippen LogP contribution < -0.4 is 0 Å². The SMILES string of the molecule is CC(C)c1cccc(C(C)C)c1-n1ncnc1-c1ccccc1. The molecule has 2 aromatic carbocycles. The third-order valence-corrected chi connectivity index (χ3v) is 4.13. The van der Waals surface area contributed by atoms with E-state index in [0.717, 1.165) is 11.4 Å². The molecule has 0 radical (unpaired) electrons. The van der Waals surface area contributed by atoms with Crippen LogP contribution in [0.1, 0.15) is 50.7 Å². The summed E-state index contributed by atoms with van der Waals surface area (Å²) in [5, 5.41) is 4.55. The zero-order chi connectivity index (χ0) is 16.4. The molecule has 3 nitrogen and oxygen atoms in total. The van der Waals surface area contributed by atoms with Crippen LogP contribution in [-0.4, -0.2) is 14.8 Å². The van der Waals surface area contributed by atoms with Crippen LogP contribution in [0.3, 0.4) is 0 Å². The monoisotopic (exact) mass is 305 g/mol. The Kier molecular flexibility index (Phi) is 4.28. The van der Waals surface area contributed by atoms with Gasteiger partial charge in [-0.25, -0.2) is 9.67 Å². The minimum atomic E-state index is 0.427. The summed E-state index contributed by atoms with van der Waals surface area (Å²) in [6, 6.07) is 16.8. The molecular weight excluding hydrogens is 282 g/mol. The fourth-order valence-electron chi connectivity index (χ4n) is 2.95. The van der Waals surface area contributed by atoms with Gasteiger partial charge in [-0.3, -0.25) is 0 Å². The van der Waals surface area contributed by atoms with Crippen LogP contribution in [-0.2, 0) is 0 Å². The smallest absolute Gasteiger partial charge is 0.163 e. The van der Waals surface area contributed by atoms with Crippen molar-refractivity contribution in [2.75, 3.05) is 0 Å². The molecule has 23 heavy (non-hydrogen) atoms. The minimum Gasteiger partial charge on any atom is -0.215 e. The van der Waals surface area contributed by atoms with Crippen LogP contribution in [0.4, 0.5) is 0 Å². The molecule has 0 saturated heterocycles. The first kappa shape index (κ1) is 15.5. The number of hydrogen-bond donors (Lipinski definition) is 0. The Balaban J connectivity index is 2.26. The predicted molar refractivity (Wildman–Crippen MR) is 95.0 cm³/mol. The summed E-state index contributed by atoms with van der Waals surface area (Å²) in [5.74, 6) is 1.74. The Labute approximate surface area is 138 Å². The first-order valence-electron chi connectivity index (χ1n) is 8.18. The van der Waals surface area contributed by atoms with Crippen molar-refractivity contribution in [2.45, 2.75) is 39.5 Å². The second kappa shape index (κ2) is 6.37. The second-order valence-corrected chi connectivity index (χ2v) is 6.46. The summed E-state index contributed by atoms with van der Waals surface area (Å²) in [5.41, 5.74) is 4.87. The van der Waals surface area contributed by atoms with Crippen LogP contribution in [0, 0.1) is 0 Å². The predicted octanol–water partition coefficient (Wildman–Crippen LogP) is 5.18. The Morgan fingerprint density at radius 3 is 1.96 bits per heavy atom. The molecule has 3 rings (SSSR count). The molecule has 1 heterocycles. The standard InChI is InChI=1S/C20H23N3/c1-14(2)17-11-8-12-18(15(3)4)19(17)23-20(21-13-22-23)16-9-6-5-7-10-16/h5-15H,1-4H3. The van der Waals surface area contributed by atoms with Gasteiger partial charge < -0.3 is 0 Å². The van der Waals surface area contributed by atoms with Crippen LogP contribution in [0.5, 0.6) is 0 Å². The van der Waals surface area contributed by atoms with Crippen molar-refractivity contribution in [3.05, 3.63) is 66.0 Å². The van der Waals surface area contributed by atoms with Gasteiger partial charge in [0.1, 0.15) is 6.33 Å². The summed E-state index contributed by atoms with van der Waals surface area (Å²) in [7, 11) is 0. The molecule has 0 unspecified atom stereocenters. The van der Waals surface area contributed by atoms with Crippen LogP contribution in [0.25, 0.3) is 17.1 Å². The minimum absolute atomic E-state index is 0.427. The van der Waals surface area contributed by atoms with Gasteiger partial charge in [-0.15, -0.1) is 0 Å². The van der Waals surface area contributed by atoms with Crippen molar-refractivity contribution >= 4 is 0 Å². The van der Waals surface area contributed by atoms with E-state index in [9.17, 15) is 0 Å². The van der Waals surface area contributed by atoms with Crippen LogP contribution in [0.15, 0.2) is 54.9 Å². The number of para-hydroxylation sites is 1. The number of benzene rings is 2. The lowest BCUT2D eigenvalue weighted by Crippen LogP contribution is -2.09. The van der Waals surface area contributed by atoms with Gasteiger partial charge in [0.2, 0.25) is 0 Å². The molecule has 0 atom stereocenters. The maximum Gasteiger partial charge on any atom is 0.163 e. The molecule has 0 spiro atoms. The van der Waals surface area contributed by atoms with Crippen molar-refractivity contribution in [3.63, 3.8) is 0 Å². The van der Waals surface area contributed by atoms with Gasteiger partial charge in [-0.05, 0) is 23.0 Å². The van der Waals surface area contributed by atoms with E-state index < -0.39 is 0 Å². The van der Waals surface area contributed by atoms with E-state index in [0.29, 0.717) is 11.8 Å². The molecule has 0 fully saturated rings. The summed E-state index contributed by atoms with van der Waals surface area (Å²) in [4.78, 5) is 4.52. The number of nitrogens with zero attached hydrogens (tertiary/aromatic N) is 3. The fraction of sp³-hybridized carbons (Fsp3) is 0.300. The molecule has 0 amide bonds. The van der Waals surface area contributed by atoms with Gasteiger partial charge >= 0.3 is 0 Å². The summed E-state index contributed by atoms with van der Waals surface area (Å²) >= 11 is 0. The normalized spacial score (nSPS) is 11.4. The van der Waals surface area contributed by atoms with Crippen LogP contribution >= 0.6 is 0 Å². The Morgan fingerprint density at radius 2 is 1.39 bits per heavy atom. The van der Waals surface area contributed by atoms with Crippen molar-refractivity contribution < 1.29 is 0 Å². The highest BCUT2D eigenvalue weighted by Crippen LogP contribution is 2.32. The van der Waals surface area contributed by atoms with Gasteiger partial charge in [0.25, 0.3) is 0 Å². The van der Waals surface area contributed by atoms with E-state index in [4.69, 9.17) is 0 Å². The lowest BCUT2D eigenvalue weighted by molar-refractivity contribution is 0.773. The van der Waals surface area contributed by atoms with Crippen molar-refractivity contribution in [3.8, 4) is 17.1 Å². The van der Waals surface area contributed by atoms with Gasteiger partial charge in [-0.2, -0.15) is 5.10 Å². The number of rotatable bonds is 4. The van der Waals surface area contributed by atoms with Gasteiger partial charge in [-0.1, -0.05) is 76.2 Å². The Hall–Kier alpha value is -2.42. The zero-order valence-electron chi connectivity index (χ0n) is 14.2. The lowest BCUT2D eigenvalue weighted by atomic mass is 9.92. The third kappa shape index (κ3) is 2.91. The molecule has 0 N–H and O–H groups in total. The summed E-state index contributed by atoms with van der Waals surface area (Å²) < 4.78 is 2.00. The van der Waals surface area contributed by atoms with E-state index in [1.165, 1.54) is 16.8 Å². The summed E-state index contributed by atoms with van der Waals surface area (Å²) in [6.45, 7) is 8.90. The highest BCUT2D eigenvalue weighted by atomic mass is 15.3. The average molecular weight is 305 g/mol. The molecule has 0 aliphatic heterocycles. The Bertz CT molecular complexity index is 759. The highest BCUT2D eigenvalue weighted by Gasteiger charge is 2.19. The van der Waals surface area contributed by atoms with Gasteiger partial charge in [0, 0.05) is 5.56 Å². The van der Waals surface area contributed by atoms with E-state index in [-0.39, 0.29) is 0 Å². The largest absolute Gasteiger partial charge is 0.215 e. The van der Waals surface area contributed by atoms with Crippen molar-refractivity contribution in [2.24, 2.45) is 0 Å². The van der Waals surface area contributed by atoms with Crippen molar-refractivity contribution in [1.29, 1.82) is 0 Å². The molecule has 0 aliphatic carbocycles. The average Bonchev–Trinajstić information content (AvgIpc) is 3.04. The zero-order valence-corrected chi connectivity index (χ0v) is 14.2. The van der Waals surface area contributed by atoms with Gasteiger partial charge in [0.15, 0.2) is 5.82 Å². The summed E-state index contributed by atoms with van der Waals surface area (Å²) in [6.07, 6.45) is 1.64. The lowest BCUT2D eigenvalue weighted by Gasteiger charge is -2.20. The third-order valence-electron chi connectivity index (χ3n) is 4.13. The Morgan fingerprint density at radius 1 is 0.783 bits per heavy atom. The topological polar surface area (TPSA) is 30.7 Å². The molecule has 3 heteroatoms. The molecule has 118 valence electrons. The molecule has 1 aromatic heterocycles. The van der Waals surface area contributed by atoms with E-state index in [1.54, 1.807) is 6.33 Å². The van der Waals surface area contributed by atoms with E-state index in [2.05, 4.69) is 68.1 Å². The first-order chi connectivity index (χ1) is 11.1. The number of hydrogen-bond acceptors (Lipinski definition) is 2.